The van der Waals surface area contributed by atoms with Crippen LogP contribution in [-0.4, -0.2) is 39.9 Å². The van der Waals surface area contributed by atoms with Crippen molar-refractivity contribution in [1.82, 2.24) is 10.6 Å². The van der Waals surface area contributed by atoms with Crippen LogP contribution in [0.25, 0.3) is 0 Å². The van der Waals surface area contributed by atoms with Gasteiger partial charge < -0.3 is 15.4 Å². The third kappa shape index (κ3) is 3.55. The van der Waals surface area contributed by atoms with Crippen molar-refractivity contribution in [2.45, 2.75) is 38.5 Å². The number of methoxy groups -OCH3 is 1. The van der Waals surface area contributed by atoms with E-state index < -0.39 is 0 Å². The topological polar surface area (TPSA) is 33.3 Å². The monoisotopic (exact) mass is 280 g/mol. The Morgan fingerprint density at radius 2 is 1.50 bits per heavy atom. The molecule has 3 heteroatoms. The van der Waals surface area contributed by atoms with Crippen LogP contribution in [0, 0.1) is 29.6 Å². The third-order valence-corrected chi connectivity index (χ3v) is 5.99. The molecule has 4 fully saturated rings. The summed E-state index contributed by atoms with van der Waals surface area (Å²) in [7, 11) is 1.76. The van der Waals surface area contributed by atoms with E-state index in [0.717, 1.165) is 49.3 Å². The lowest BCUT2D eigenvalue weighted by atomic mass is 9.52. The predicted molar refractivity (Wildman–Crippen MR) is 82.8 cm³/mol. The average Bonchev–Trinajstić information content (AvgIpc) is 2.43. The number of rotatable bonds is 9. The van der Waals surface area contributed by atoms with E-state index in [1.54, 1.807) is 39.2 Å². The normalized spacial score (nSPS) is 38.5. The zero-order chi connectivity index (χ0) is 13.8. The van der Waals surface area contributed by atoms with Crippen molar-refractivity contribution in [3.63, 3.8) is 0 Å². The molecule has 0 atom stereocenters. The quantitative estimate of drug-likeness (QED) is 0.636. The number of ether oxygens (including phenoxy) is 1. The summed E-state index contributed by atoms with van der Waals surface area (Å²) in [6, 6.07) is 0. The first kappa shape index (κ1) is 14.8. The van der Waals surface area contributed by atoms with Gasteiger partial charge in [-0.1, -0.05) is 0 Å². The minimum atomic E-state index is 0.821. The summed E-state index contributed by atoms with van der Waals surface area (Å²) < 4.78 is 5.03. The van der Waals surface area contributed by atoms with Crippen molar-refractivity contribution in [3.8, 4) is 0 Å². The lowest BCUT2D eigenvalue weighted by Crippen LogP contribution is -2.48. The van der Waals surface area contributed by atoms with Crippen LogP contribution in [0.4, 0.5) is 0 Å². The Morgan fingerprint density at radius 3 is 2.15 bits per heavy atom. The molecular formula is C17H32N2O. The fourth-order valence-electron chi connectivity index (χ4n) is 5.28. The van der Waals surface area contributed by atoms with E-state index in [-0.39, 0.29) is 0 Å². The second-order valence-corrected chi connectivity index (χ2v) is 7.40. The van der Waals surface area contributed by atoms with E-state index in [1.165, 1.54) is 19.5 Å². The molecule has 0 aliphatic heterocycles. The summed E-state index contributed by atoms with van der Waals surface area (Å²) in [5, 5.41) is 7.14. The van der Waals surface area contributed by atoms with Crippen LogP contribution >= 0.6 is 0 Å². The van der Waals surface area contributed by atoms with Crippen molar-refractivity contribution < 1.29 is 4.74 Å². The van der Waals surface area contributed by atoms with Gasteiger partial charge in [-0.2, -0.15) is 0 Å². The molecule has 0 radical (unpaired) electrons. The molecule has 0 aromatic carbocycles. The van der Waals surface area contributed by atoms with Gasteiger partial charge in [0.15, 0.2) is 0 Å². The SMILES string of the molecule is COCCNCCCNCC1C2CC3CC(C2)CC1C3. The summed E-state index contributed by atoms with van der Waals surface area (Å²) in [4.78, 5) is 0. The molecule has 4 rings (SSSR count). The molecule has 4 aliphatic carbocycles. The first-order valence-electron chi connectivity index (χ1n) is 8.77. The van der Waals surface area contributed by atoms with Crippen LogP contribution in [0.3, 0.4) is 0 Å². The van der Waals surface area contributed by atoms with Gasteiger partial charge in [-0.15, -0.1) is 0 Å². The van der Waals surface area contributed by atoms with Crippen LogP contribution in [0.5, 0.6) is 0 Å². The van der Waals surface area contributed by atoms with Gasteiger partial charge in [-0.05, 0) is 87.7 Å². The summed E-state index contributed by atoms with van der Waals surface area (Å²) in [6.45, 7) is 5.36. The third-order valence-electron chi connectivity index (χ3n) is 5.99. The van der Waals surface area contributed by atoms with Gasteiger partial charge in [0, 0.05) is 13.7 Å². The van der Waals surface area contributed by atoms with Gasteiger partial charge in [0.2, 0.25) is 0 Å². The van der Waals surface area contributed by atoms with Gasteiger partial charge >= 0.3 is 0 Å². The average molecular weight is 280 g/mol. The van der Waals surface area contributed by atoms with Gasteiger partial charge in [0.05, 0.1) is 6.61 Å². The molecule has 0 heterocycles. The molecule has 4 bridgehead atoms. The zero-order valence-electron chi connectivity index (χ0n) is 13.1. The lowest BCUT2D eigenvalue weighted by molar-refractivity contribution is -0.0353. The molecular weight excluding hydrogens is 248 g/mol. The minimum absolute atomic E-state index is 0.821. The highest BCUT2D eigenvalue weighted by molar-refractivity contribution is 4.98. The minimum Gasteiger partial charge on any atom is -0.383 e. The maximum absolute atomic E-state index is 5.03. The van der Waals surface area contributed by atoms with E-state index in [1.807, 2.05) is 0 Å². The van der Waals surface area contributed by atoms with Gasteiger partial charge in [0.25, 0.3) is 0 Å². The second-order valence-electron chi connectivity index (χ2n) is 7.40. The number of nitrogens with one attached hydrogen (secondary N) is 2. The first-order chi connectivity index (χ1) is 9.86. The zero-order valence-corrected chi connectivity index (χ0v) is 13.1. The maximum Gasteiger partial charge on any atom is 0.0587 e. The van der Waals surface area contributed by atoms with Crippen molar-refractivity contribution in [2.24, 2.45) is 29.6 Å². The first-order valence-corrected chi connectivity index (χ1v) is 8.77. The van der Waals surface area contributed by atoms with Crippen LogP contribution in [0.15, 0.2) is 0 Å². The van der Waals surface area contributed by atoms with Crippen molar-refractivity contribution >= 4 is 0 Å². The summed E-state index contributed by atoms with van der Waals surface area (Å²) in [5.41, 5.74) is 0. The summed E-state index contributed by atoms with van der Waals surface area (Å²) in [6.07, 6.45) is 9.02. The molecule has 0 aromatic rings. The van der Waals surface area contributed by atoms with E-state index in [4.69, 9.17) is 4.74 Å². The molecule has 4 saturated carbocycles. The van der Waals surface area contributed by atoms with E-state index in [0.29, 0.717) is 0 Å². The molecule has 0 saturated heterocycles. The second kappa shape index (κ2) is 7.24. The molecule has 4 aliphatic rings. The maximum atomic E-state index is 5.03. The Bertz CT molecular complexity index is 267. The summed E-state index contributed by atoms with van der Waals surface area (Å²) in [5.74, 6) is 5.36. The Labute approximate surface area is 124 Å². The van der Waals surface area contributed by atoms with E-state index in [9.17, 15) is 0 Å². The van der Waals surface area contributed by atoms with Crippen molar-refractivity contribution in [1.29, 1.82) is 0 Å². The highest BCUT2D eigenvalue weighted by Gasteiger charge is 2.47. The summed E-state index contributed by atoms with van der Waals surface area (Å²) >= 11 is 0. The van der Waals surface area contributed by atoms with E-state index in [2.05, 4.69) is 10.6 Å². The molecule has 116 valence electrons. The van der Waals surface area contributed by atoms with Crippen molar-refractivity contribution in [2.75, 3.05) is 39.9 Å². The molecule has 0 unspecified atom stereocenters. The number of hydrogen-bond acceptors (Lipinski definition) is 3. The van der Waals surface area contributed by atoms with E-state index >= 15 is 0 Å². The molecule has 2 N–H and O–H groups in total. The number of hydrogen-bond donors (Lipinski definition) is 2. The van der Waals surface area contributed by atoms with Crippen LogP contribution < -0.4 is 10.6 Å². The van der Waals surface area contributed by atoms with Gasteiger partial charge in [0.1, 0.15) is 0 Å². The Balaban J connectivity index is 1.28. The molecule has 20 heavy (non-hydrogen) atoms. The smallest absolute Gasteiger partial charge is 0.0587 e. The Morgan fingerprint density at radius 1 is 0.850 bits per heavy atom. The molecule has 3 nitrogen and oxygen atoms in total. The highest BCUT2D eigenvalue weighted by atomic mass is 16.5. The van der Waals surface area contributed by atoms with Gasteiger partial charge in [-0.25, -0.2) is 0 Å². The van der Waals surface area contributed by atoms with Crippen molar-refractivity contribution in [3.05, 3.63) is 0 Å². The predicted octanol–water partition coefficient (Wildman–Crippen LogP) is 2.27. The van der Waals surface area contributed by atoms with Crippen LogP contribution in [0.1, 0.15) is 38.5 Å². The molecule has 0 aromatic heterocycles. The Kier molecular flexibility index (Phi) is 5.36. The Hall–Kier alpha value is -0.120. The largest absolute Gasteiger partial charge is 0.383 e. The molecule has 0 amide bonds. The van der Waals surface area contributed by atoms with Crippen LogP contribution in [0.2, 0.25) is 0 Å². The molecule has 0 spiro atoms. The standard InChI is InChI=1S/C17H32N2O/c1-20-6-5-18-3-2-4-19-12-17-15-8-13-7-14(10-15)11-16(17)9-13/h13-19H,2-12H2,1H3. The fourth-order valence-corrected chi connectivity index (χ4v) is 5.28. The highest BCUT2D eigenvalue weighted by Crippen LogP contribution is 2.56. The van der Waals surface area contributed by atoms with Crippen LogP contribution in [-0.2, 0) is 4.74 Å². The lowest BCUT2D eigenvalue weighted by Gasteiger charge is -2.54. The van der Waals surface area contributed by atoms with Gasteiger partial charge in [-0.3, -0.25) is 0 Å². The fraction of sp³-hybridized carbons (Fsp3) is 1.00.